The third-order valence-corrected chi connectivity index (χ3v) is 6.02. The van der Waals surface area contributed by atoms with Crippen LogP contribution in [0.1, 0.15) is 6.42 Å². The molecule has 0 aliphatic rings. The van der Waals surface area contributed by atoms with Crippen LogP contribution in [-0.2, 0) is 11.3 Å². The first-order valence-corrected chi connectivity index (χ1v) is 11.0. The summed E-state index contributed by atoms with van der Waals surface area (Å²) in [5.41, 5.74) is 3.87. The van der Waals surface area contributed by atoms with Crippen molar-refractivity contribution in [2.24, 2.45) is 0 Å². The van der Waals surface area contributed by atoms with E-state index in [0.29, 0.717) is 12.2 Å². The van der Waals surface area contributed by atoms with Gasteiger partial charge < -0.3 is 35.0 Å². The van der Waals surface area contributed by atoms with E-state index in [1.54, 1.807) is 0 Å². The Morgan fingerprint density at radius 3 is 2.26 bits per heavy atom. The number of hydrogen-bond donors (Lipinski definition) is 5. The van der Waals surface area contributed by atoms with Gasteiger partial charge in [0.25, 0.3) is 0 Å². The zero-order valence-corrected chi connectivity index (χ0v) is 18.7. The van der Waals surface area contributed by atoms with E-state index < -0.39 is 31.0 Å². The molecule has 180 valence electrons. The molecule has 0 spiro atoms. The Morgan fingerprint density at radius 2 is 1.56 bits per heavy atom. The SMILES string of the molecule is CN(CC(O)C(O)C(O)C(O)CO)C(=O)CCn1c2ccccc2c2nc3ccccc3nc21. The number of carbonyl (C=O) groups excluding carboxylic acids is 1. The summed E-state index contributed by atoms with van der Waals surface area (Å²) < 4.78 is 1.95. The van der Waals surface area contributed by atoms with E-state index >= 15 is 0 Å². The van der Waals surface area contributed by atoms with Crippen molar-refractivity contribution >= 4 is 39.0 Å². The molecule has 2 aromatic heterocycles. The van der Waals surface area contributed by atoms with Gasteiger partial charge in [-0.1, -0.05) is 30.3 Å². The van der Waals surface area contributed by atoms with Crippen LogP contribution in [0.5, 0.6) is 0 Å². The molecule has 10 nitrogen and oxygen atoms in total. The van der Waals surface area contributed by atoms with Gasteiger partial charge in [-0.05, 0) is 18.2 Å². The van der Waals surface area contributed by atoms with Crippen LogP contribution in [-0.4, -0.2) is 95.5 Å². The molecule has 34 heavy (non-hydrogen) atoms. The normalized spacial score (nSPS) is 15.5. The predicted octanol–water partition coefficient (Wildman–Crippen LogP) is 0.0221. The molecule has 0 bridgehead atoms. The number of aliphatic hydroxyl groups excluding tert-OH is 5. The molecule has 1 amide bonds. The molecule has 0 radical (unpaired) electrons. The van der Waals surface area contributed by atoms with Gasteiger partial charge in [0.2, 0.25) is 5.91 Å². The number of likely N-dealkylation sites (N-methyl/N-ethyl adjacent to an activating group) is 1. The lowest BCUT2D eigenvalue weighted by atomic mass is 10.0. The minimum Gasteiger partial charge on any atom is -0.394 e. The summed E-state index contributed by atoms with van der Waals surface area (Å²) in [7, 11) is 1.48. The average molecular weight is 469 g/mol. The molecule has 4 aromatic rings. The van der Waals surface area contributed by atoms with Crippen molar-refractivity contribution in [1.82, 2.24) is 19.4 Å². The highest BCUT2D eigenvalue weighted by Crippen LogP contribution is 2.28. The maximum atomic E-state index is 12.8. The standard InChI is InChI=1S/C24H28N4O6/c1-27(12-18(30)22(33)23(34)19(31)13-29)20(32)10-11-28-17-9-5-2-6-14(17)21-24(28)26-16-8-4-3-7-15(16)25-21/h2-9,18-19,22-23,29-31,33-34H,10-13H2,1H3. The number of aromatic nitrogens is 3. The summed E-state index contributed by atoms with van der Waals surface area (Å²) in [6.45, 7) is -0.700. The monoisotopic (exact) mass is 468 g/mol. The topological polar surface area (TPSA) is 152 Å². The summed E-state index contributed by atoms with van der Waals surface area (Å²) >= 11 is 0. The third kappa shape index (κ3) is 4.59. The van der Waals surface area contributed by atoms with Gasteiger partial charge in [0.15, 0.2) is 5.65 Å². The fourth-order valence-electron chi connectivity index (χ4n) is 4.06. The van der Waals surface area contributed by atoms with Gasteiger partial charge in [-0.2, -0.15) is 0 Å². The number of aryl methyl sites for hydroxylation is 1. The molecule has 4 unspecified atom stereocenters. The second-order valence-corrected chi connectivity index (χ2v) is 8.38. The Balaban J connectivity index is 1.52. The highest BCUT2D eigenvalue weighted by atomic mass is 16.4. The fourth-order valence-corrected chi connectivity index (χ4v) is 4.06. The number of aliphatic hydroxyl groups is 5. The van der Waals surface area contributed by atoms with E-state index in [9.17, 15) is 25.2 Å². The number of fused-ring (bicyclic) bond motifs is 4. The zero-order valence-electron chi connectivity index (χ0n) is 18.7. The first-order chi connectivity index (χ1) is 16.3. The van der Waals surface area contributed by atoms with Crippen LogP contribution in [0.25, 0.3) is 33.1 Å². The van der Waals surface area contributed by atoms with Gasteiger partial charge in [0, 0.05) is 31.9 Å². The zero-order chi connectivity index (χ0) is 24.4. The lowest BCUT2D eigenvalue weighted by Gasteiger charge is -2.28. The fraction of sp³-hybridized carbons (Fsp3) is 0.375. The lowest BCUT2D eigenvalue weighted by Crippen LogP contribution is -2.50. The van der Waals surface area contributed by atoms with Crippen molar-refractivity contribution in [2.75, 3.05) is 20.2 Å². The number of rotatable bonds is 9. The lowest BCUT2D eigenvalue weighted by molar-refractivity contribution is -0.138. The van der Waals surface area contributed by atoms with Crippen molar-refractivity contribution < 1.29 is 30.3 Å². The van der Waals surface area contributed by atoms with Gasteiger partial charge in [0.05, 0.1) is 23.2 Å². The van der Waals surface area contributed by atoms with E-state index in [1.165, 1.54) is 11.9 Å². The van der Waals surface area contributed by atoms with Crippen LogP contribution in [0.15, 0.2) is 48.5 Å². The molecule has 0 aliphatic carbocycles. The number of nitrogens with zero attached hydrogens (tertiary/aromatic N) is 4. The van der Waals surface area contributed by atoms with Crippen LogP contribution >= 0.6 is 0 Å². The molecule has 4 atom stereocenters. The van der Waals surface area contributed by atoms with Gasteiger partial charge in [-0.15, -0.1) is 0 Å². The summed E-state index contributed by atoms with van der Waals surface area (Å²) in [5.74, 6) is -0.289. The Hall–Kier alpha value is -3.15. The van der Waals surface area contributed by atoms with Gasteiger partial charge >= 0.3 is 0 Å². The van der Waals surface area contributed by atoms with Crippen LogP contribution in [0.4, 0.5) is 0 Å². The van der Waals surface area contributed by atoms with Crippen molar-refractivity contribution in [3.05, 3.63) is 48.5 Å². The molecule has 2 heterocycles. The molecule has 5 N–H and O–H groups in total. The van der Waals surface area contributed by atoms with Crippen molar-refractivity contribution in [3.8, 4) is 0 Å². The smallest absolute Gasteiger partial charge is 0.224 e. The number of carbonyl (C=O) groups is 1. The quantitative estimate of drug-likeness (QED) is 0.231. The second kappa shape index (κ2) is 10.00. The van der Waals surface area contributed by atoms with Crippen LogP contribution in [0.2, 0.25) is 0 Å². The molecule has 0 saturated heterocycles. The van der Waals surface area contributed by atoms with Gasteiger partial charge in [0.1, 0.15) is 29.9 Å². The molecule has 10 heteroatoms. The van der Waals surface area contributed by atoms with Crippen molar-refractivity contribution in [3.63, 3.8) is 0 Å². The summed E-state index contributed by atoms with van der Waals surface area (Å²) in [4.78, 5) is 23.6. The molecule has 2 aromatic carbocycles. The first-order valence-electron chi connectivity index (χ1n) is 11.0. The minimum atomic E-state index is -1.74. The maximum absolute atomic E-state index is 12.8. The number of amides is 1. The van der Waals surface area contributed by atoms with Crippen LogP contribution in [0.3, 0.4) is 0 Å². The van der Waals surface area contributed by atoms with Crippen molar-refractivity contribution in [2.45, 2.75) is 37.4 Å². The molecule has 0 fully saturated rings. The Labute approximate surface area is 195 Å². The van der Waals surface area contributed by atoms with E-state index in [-0.39, 0.29) is 18.9 Å². The van der Waals surface area contributed by atoms with Crippen molar-refractivity contribution in [1.29, 1.82) is 0 Å². The highest BCUT2D eigenvalue weighted by Gasteiger charge is 2.31. The highest BCUT2D eigenvalue weighted by molar-refractivity contribution is 6.06. The number of benzene rings is 2. The molecule has 4 rings (SSSR count). The summed E-state index contributed by atoms with van der Waals surface area (Å²) in [5, 5.41) is 49.2. The second-order valence-electron chi connectivity index (χ2n) is 8.38. The molecular weight excluding hydrogens is 440 g/mol. The third-order valence-electron chi connectivity index (χ3n) is 6.02. The van der Waals surface area contributed by atoms with Crippen LogP contribution in [0, 0.1) is 0 Å². The number of hydrogen-bond acceptors (Lipinski definition) is 8. The van der Waals surface area contributed by atoms with Gasteiger partial charge in [-0.3, -0.25) is 4.79 Å². The van der Waals surface area contributed by atoms with Gasteiger partial charge in [-0.25, -0.2) is 9.97 Å². The molecule has 0 aliphatic heterocycles. The largest absolute Gasteiger partial charge is 0.394 e. The van der Waals surface area contributed by atoms with Crippen LogP contribution < -0.4 is 0 Å². The van der Waals surface area contributed by atoms with E-state index in [2.05, 4.69) is 0 Å². The summed E-state index contributed by atoms with van der Waals surface area (Å²) in [6.07, 6.45) is -6.47. The predicted molar refractivity (Wildman–Crippen MR) is 126 cm³/mol. The Morgan fingerprint density at radius 1 is 0.941 bits per heavy atom. The number of para-hydroxylation sites is 3. The van der Waals surface area contributed by atoms with E-state index in [1.807, 2.05) is 53.1 Å². The summed E-state index contributed by atoms with van der Waals surface area (Å²) in [6, 6.07) is 15.4. The van der Waals surface area contributed by atoms with E-state index in [0.717, 1.165) is 27.5 Å². The average Bonchev–Trinajstić information content (AvgIpc) is 3.16. The van der Waals surface area contributed by atoms with E-state index in [4.69, 9.17) is 15.1 Å². The Bertz CT molecular complexity index is 1310. The Kier molecular flexibility index (Phi) is 7.05. The minimum absolute atomic E-state index is 0.101. The first kappa shape index (κ1) is 24.0. The molecule has 0 saturated carbocycles. The molecular formula is C24H28N4O6. The maximum Gasteiger partial charge on any atom is 0.224 e.